The molecule has 13 nitrogen and oxygen atoms in total. The van der Waals surface area contributed by atoms with Gasteiger partial charge in [-0.2, -0.15) is 0 Å². The van der Waals surface area contributed by atoms with Crippen molar-refractivity contribution in [2.75, 3.05) is 19.6 Å². The van der Waals surface area contributed by atoms with Gasteiger partial charge in [-0.3, -0.25) is 14.4 Å². The molecule has 60 heavy (non-hydrogen) atoms. The lowest BCUT2D eigenvalue weighted by Crippen LogP contribution is -2.76. The Hall–Kier alpha value is -6.44. The summed E-state index contributed by atoms with van der Waals surface area (Å²) in [5.74, 6) is -0.482. The first-order chi connectivity index (χ1) is 29.1. The number of phenols is 1. The van der Waals surface area contributed by atoms with Crippen LogP contribution in [0, 0.1) is 0 Å². The molecule has 4 aromatic carbocycles. The van der Waals surface area contributed by atoms with E-state index in [0.29, 0.717) is 5.56 Å². The van der Waals surface area contributed by atoms with Gasteiger partial charge in [0.25, 0.3) is 5.91 Å². The summed E-state index contributed by atoms with van der Waals surface area (Å²) in [6.45, 7) is 4.62. The maximum absolute atomic E-state index is 14.8. The smallest absolute Gasteiger partial charge is 0.334 e. The molecule has 5 N–H and O–H groups in total. The maximum Gasteiger partial charge on any atom is 0.334 e. The molecule has 1 saturated carbocycles. The van der Waals surface area contributed by atoms with Crippen molar-refractivity contribution in [2.45, 2.75) is 69.5 Å². The van der Waals surface area contributed by atoms with Gasteiger partial charge in [0.05, 0.1) is 18.6 Å². The van der Waals surface area contributed by atoms with E-state index in [1.54, 1.807) is 50.2 Å². The Kier molecular flexibility index (Phi) is 11.7. The van der Waals surface area contributed by atoms with Crippen LogP contribution in [0.1, 0.15) is 52.7 Å². The van der Waals surface area contributed by atoms with Gasteiger partial charge in [-0.15, -0.1) is 6.58 Å². The number of benzene rings is 4. The SMILES string of the molecule is C=CCN1CC(=O)N2[C@@H](Cc3ccc(O)cc3)C(=O)N(Cc3cccc4c(-c5ccc(C(=O)NC6CCC(N)CC6)cc5)cn(C)c34)C[C@@H]2N1C(=O)NCc1ccccc1. The minimum absolute atomic E-state index is 0.0773. The summed E-state index contributed by atoms with van der Waals surface area (Å²) < 4.78 is 2.06. The molecule has 1 aromatic heterocycles. The Bertz CT molecular complexity index is 2370. The molecule has 310 valence electrons. The third kappa shape index (κ3) is 8.36. The fourth-order valence-corrected chi connectivity index (χ4v) is 9.00. The molecule has 3 heterocycles. The molecule has 8 rings (SSSR count). The van der Waals surface area contributed by atoms with Crippen LogP contribution in [0.5, 0.6) is 5.75 Å². The molecule has 5 amide bonds. The number of aromatic hydroxyl groups is 1. The molecular weight excluding hydrogens is 757 g/mol. The number of phenolic OH excluding ortho intramolecular Hbond substituents is 1. The lowest BCUT2D eigenvalue weighted by atomic mass is 9.91. The summed E-state index contributed by atoms with van der Waals surface area (Å²) >= 11 is 0. The van der Waals surface area contributed by atoms with Crippen LogP contribution >= 0.6 is 0 Å². The molecule has 5 aromatic rings. The van der Waals surface area contributed by atoms with Gasteiger partial charge in [0.2, 0.25) is 11.8 Å². The molecule has 0 spiro atoms. The summed E-state index contributed by atoms with van der Waals surface area (Å²) in [6, 6.07) is 29.0. The first-order valence-corrected chi connectivity index (χ1v) is 20.7. The number of aromatic nitrogens is 1. The lowest BCUT2D eigenvalue weighted by Gasteiger charge is -2.55. The van der Waals surface area contributed by atoms with E-state index in [0.717, 1.165) is 64.4 Å². The molecule has 3 fully saturated rings. The summed E-state index contributed by atoms with van der Waals surface area (Å²) in [5.41, 5.74) is 12.1. The maximum atomic E-state index is 14.8. The number of amides is 5. The molecule has 0 bridgehead atoms. The van der Waals surface area contributed by atoms with Gasteiger partial charge < -0.3 is 35.8 Å². The molecule has 2 aliphatic heterocycles. The molecule has 2 atom stereocenters. The van der Waals surface area contributed by atoms with Crippen LogP contribution in [0.15, 0.2) is 116 Å². The first-order valence-electron chi connectivity index (χ1n) is 20.7. The van der Waals surface area contributed by atoms with E-state index in [1.165, 1.54) is 0 Å². The Labute approximate surface area is 350 Å². The number of hydrazine groups is 1. The van der Waals surface area contributed by atoms with Crippen LogP contribution in [0.3, 0.4) is 0 Å². The van der Waals surface area contributed by atoms with E-state index in [4.69, 9.17) is 5.73 Å². The van der Waals surface area contributed by atoms with Crippen LogP contribution in [0.25, 0.3) is 22.0 Å². The average Bonchev–Trinajstić information content (AvgIpc) is 3.60. The van der Waals surface area contributed by atoms with Crippen LogP contribution < -0.4 is 16.4 Å². The van der Waals surface area contributed by atoms with E-state index in [1.807, 2.05) is 73.8 Å². The van der Waals surface area contributed by atoms with E-state index < -0.39 is 18.2 Å². The van der Waals surface area contributed by atoms with Crippen molar-refractivity contribution < 1.29 is 24.3 Å². The van der Waals surface area contributed by atoms with E-state index in [9.17, 15) is 24.3 Å². The number of fused-ring (bicyclic) bond motifs is 2. The van der Waals surface area contributed by atoms with Gasteiger partial charge in [0.15, 0.2) is 0 Å². The van der Waals surface area contributed by atoms with E-state index in [2.05, 4.69) is 34.0 Å². The lowest BCUT2D eigenvalue weighted by molar-refractivity contribution is -0.189. The Morgan fingerprint density at radius 3 is 2.35 bits per heavy atom. The first kappa shape index (κ1) is 40.3. The molecule has 1 aliphatic carbocycles. The number of nitrogens with one attached hydrogen (secondary N) is 2. The largest absolute Gasteiger partial charge is 0.508 e. The van der Waals surface area contributed by atoms with Crippen molar-refractivity contribution in [3.63, 3.8) is 0 Å². The highest BCUT2D eigenvalue weighted by Gasteiger charge is 2.51. The summed E-state index contributed by atoms with van der Waals surface area (Å²) in [5, 5.41) is 20.5. The third-order valence-electron chi connectivity index (χ3n) is 12.0. The van der Waals surface area contributed by atoms with E-state index in [-0.39, 0.29) is 74.7 Å². The quantitative estimate of drug-likeness (QED) is 0.132. The van der Waals surface area contributed by atoms with Crippen LogP contribution in [-0.2, 0) is 36.1 Å². The zero-order chi connectivity index (χ0) is 41.9. The van der Waals surface area contributed by atoms with Crippen molar-refractivity contribution in [2.24, 2.45) is 12.8 Å². The summed E-state index contributed by atoms with van der Waals surface area (Å²) in [4.78, 5) is 59.5. The zero-order valence-corrected chi connectivity index (χ0v) is 33.9. The van der Waals surface area contributed by atoms with Gasteiger partial charge in [0, 0.05) is 67.9 Å². The number of hydrogen-bond donors (Lipinski definition) is 4. The molecule has 2 saturated heterocycles. The van der Waals surface area contributed by atoms with Gasteiger partial charge in [-0.1, -0.05) is 78.9 Å². The molecule has 13 heteroatoms. The van der Waals surface area contributed by atoms with Crippen LogP contribution in [0.2, 0.25) is 0 Å². The summed E-state index contributed by atoms with van der Waals surface area (Å²) in [6.07, 6.45) is 6.71. The van der Waals surface area contributed by atoms with Gasteiger partial charge >= 0.3 is 6.03 Å². The number of piperazine rings is 1. The standard InChI is InChI=1S/C47H52N8O5/c1-3-24-53-30-43(57)54-41(25-31-12-22-38(56)23-13-31)46(59)52(29-42(54)55(53)47(60)49-26-32-8-5-4-6-9-32)27-35-10-7-11-39-40(28-51(2)44(35)39)33-14-16-34(17-15-33)45(58)50-37-20-18-36(48)19-21-37/h3-17,22-23,28,36-37,41-42,56H,1,18-21,24-27,29-30,48H2,2H3,(H,49,60)(H,50,58)/t36?,37?,41-,42-/m0/s1. The third-order valence-corrected chi connectivity index (χ3v) is 12.0. The zero-order valence-electron chi connectivity index (χ0n) is 33.9. The number of rotatable bonds is 11. The highest BCUT2D eigenvalue weighted by Crippen LogP contribution is 2.35. The molecule has 0 unspecified atom stereocenters. The number of nitrogens with two attached hydrogens (primary N) is 1. The number of hydrogen-bond acceptors (Lipinski definition) is 7. The molecule has 0 radical (unpaired) electrons. The monoisotopic (exact) mass is 808 g/mol. The number of para-hydroxylation sites is 1. The summed E-state index contributed by atoms with van der Waals surface area (Å²) in [7, 11) is 1.98. The minimum Gasteiger partial charge on any atom is -0.508 e. The number of carbonyl (C=O) groups excluding carboxylic acids is 4. The van der Waals surface area contributed by atoms with Crippen molar-refractivity contribution in [3.05, 3.63) is 138 Å². The Morgan fingerprint density at radius 1 is 0.900 bits per heavy atom. The Balaban J connectivity index is 1.09. The van der Waals surface area contributed by atoms with Crippen molar-refractivity contribution in [1.29, 1.82) is 0 Å². The highest BCUT2D eigenvalue weighted by molar-refractivity contribution is 5.99. The predicted octanol–water partition coefficient (Wildman–Crippen LogP) is 5.29. The van der Waals surface area contributed by atoms with Gasteiger partial charge in [-0.05, 0) is 72.2 Å². The molecule has 3 aliphatic rings. The van der Waals surface area contributed by atoms with Gasteiger partial charge in [0.1, 0.15) is 18.0 Å². The second-order valence-electron chi connectivity index (χ2n) is 16.1. The number of urea groups is 1. The fraction of sp³-hybridized carbons (Fsp3) is 0.319. The normalized spacial score (nSPS) is 20.9. The van der Waals surface area contributed by atoms with E-state index >= 15 is 0 Å². The van der Waals surface area contributed by atoms with Crippen molar-refractivity contribution in [3.8, 4) is 16.9 Å². The second-order valence-corrected chi connectivity index (χ2v) is 16.1. The average molecular weight is 809 g/mol. The Morgan fingerprint density at radius 2 is 1.63 bits per heavy atom. The van der Waals surface area contributed by atoms with Gasteiger partial charge in [-0.25, -0.2) is 14.8 Å². The van der Waals surface area contributed by atoms with Crippen LogP contribution in [-0.4, -0.2) is 97.2 Å². The fourth-order valence-electron chi connectivity index (χ4n) is 9.00. The predicted molar refractivity (Wildman–Crippen MR) is 230 cm³/mol. The van der Waals surface area contributed by atoms with Crippen molar-refractivity contribution >= 4 is 34.7 Å². The van der Waals surface area contributed by atoms with Crippen molar-refractivity contribution in [1.82, 2.24) is 35.0 Å². The second kappa shape index (κ2) is 17.4. The number of nitrogens with zero attached hydrogens (tertiary/aromatic N) is 5. The molecular formula is C47H52N8O5. The number of carbonyl (C=O) groups is 4. The minimum atomic E-state index is -0.911. The highest BCUT2D eigenvalue weighted by atomic mass is 16.3. The number of aryl methyl sites for hydroxylation is 1. The topological polar surface area (TPSA) is 156 Å². The van der Waals surface area contributed by atoms with Crippen LogP contribution in [0.4, 0.5) is 4.79 Å².